The summed E-state index contributed by atoms with van der Waals surface area (Å²) in [5, 5.41) is 4.24. The van der Waals surface area contributed by atoms with Crippen molar-refractivity contribution in [1.82, 2.24) is 14.7 Å². The van der Waals surface area contributed by atoms with Gasteiger partial charge in [0.05, 0.1) is 19.9 Å². The predicted octanol–water partition coefficient (Wildman–Crippen LogP) is 1.27. The minimum atomic E-state index is -0.179. The quantitative estimate of drug-likeness (QED) is 0.640. The number of hydrogen-bond donors (Lipinski definition) is 1. The average molecular weight is 288 g/mol. The number of carbonyl (C=O) groups excluding carboxylic acids is 1. The lowest BCUT2D eigenvalue weighted by atomic mass is 10.1. The lowest BCUT2D eigenvalue weighted by Gasteiger charge is -2.12. The Balaban J connectivity index is 2.39. The van der Waals surface area contributed by atoms with E-state index in [4.69, 9.17) is 10.5 Å². The van der Waals surface area contributed by atoms with Crippen LogP contribution in [0.3, 0.4) is 0 Å². The van der Waals surface area contributed by atoms with Gasteiger partial charge in [0.25, 0.3) is 0 Å². The molecule has 6 heteroatoms. The molecule has 0 spiro atoms. The van der Waals surface area contributed by atoms with Crippen LogP contribution in [0.5, 0.6) is 5.75 Å². The van der Waals surface area contributed by atoms with Gasteiger partial charge in [-0.15, -0.1) is 0 Å². The van der Waals surface area contributed by atoms with Crippen LogP contribution in [0.1, 0.15) is 16.1 Å². The molecule has 21 heavy (non-hydrogen) atoms. The number of anilines is 1. The van der Waals surface area contributed by atoms with Crippen LogP contribution in [0.15, 0.2) is 30.5 Å². The topological polar surface area (TPSA) is 73.4 Å². The molecule has 2 rings (SSSR count). The monoisotopic (exact) mass is 288 g/mol. The third-order valence-electron chi connectivity index (χ3n) is 3.21. The van der Waals surface area contributed by atoms with E-state index in [1.807, 2.05) is 19.0 Å². The van der Waals surface area contributed by atoms with Gasteiger partial charge in [-0.3, -0.25) is 9.48 Å². The number of methoxy groups -OCH3 is 1. The fraction of sp³-hybridized carbons (Fsp3) is 0.333. The molecular formula is C15H20N4O2. The Bertz CT molecular complexity index is 634. The number of ketones is 1. The Morgan fingerprint density at radius 1 is 1.38 bits per heavy atom. The van der Waals surface area contributed by atoms with Crippen LogP contribution >= 0.6 is 0 Å². The Kier molecular flexibility index (Phi) is 4.59. The lowest BCUT2D eigenvalue weighted by Crippen LogP contribution is -2.22. The summed E-state index contributed by atoms with van der Waals surface area (Å²) < 4.78 is 6.92. The first-order chi connectivity index (χ1) is 10.0. The second kappa shape index (κ2) is 6.41. The van der Waals surface area contributed by atoms with Crippen molar-refractivity contribution in [1.29, 1.82) is 0 Å². The summed E-state index contributed by atoms with van der Waals surface area (Å²) >= 11 is 0. The van der Waals surface area contributed by atoms with Crippen LogP contribution in [-0.2, 0) is 6.54 Å². The van der Waals surface area contributed by atoms with Crippen LogP contribution in [-0.4, -0.2) is 48.2 Å². The molecule has 0 fully saturated rings. The number of rotatable bonds is 6. The van der Waals surface area contributed by atoms with Crippen molar-refractivity contribution in [3.8, 4) is 5.75 Å². The number of carbonyl (C=O) groups is 1. The van der Waals surface area contributed by atoms with E-state index in [9.17, 15) is 4.79 Å². The number of benzene rings is 1. The maximum atomic E-state index is 12.7. The van der Waals surface area contributed by atoms with Crippen LogP contribution < -0.4 is 10.5 Å². The predicted molar refractivity (Wildman–Crippen MR) is 81.6 cm³/mol. The van der Waals surface area contributed by atoms with E-state index in [2.05, 4.69) is 5.10 Å². The van der Waals surface area contributed by atoms with E-state index < -0.39 is 0 Å². The molecule has 1 aromatic carbocycles. The molecule has 0 amide bonds. The molecule has 1 aromatic heterocycles. The molecule has 6 nitrogen and oxygen atoms in total. The first kappa shape index (κ1) is 15.1. The molecule has 2 aromatic rings. The molecule has 0 unspecified atom stereocenters. The summed E-state index contributed by atoms with van der Waals surface area (Å²) in [5.41, 5.74) is 7.23. The lowest BCUT2D eigenvalue weighted by molar-refractivity contribution is 0.102. The van der Waals surface area contributed by atoms with Crippen molar-refractivity contribution < 1.29 is 9.53 Å². The zero-order valence-electron chi connectivity index (χ0n) is 12.5. The van der Waals surface area contributed by atoms with E-state index >= 15 is 0 Å². The largest absolute Gasteiger partial charge is 0.493 e. The minimum absolute atomic E-state index is 0.179. The Labute approximate surface area is 124 Å². The van der Waals surface area contributed by atoms with Gasteiger partial charge in [0.2, 0.25) is 5.78 Å². The number of hydrogen-bond acceptors (Lipinski definition) is 5. The molecule has 1 heterocycles. The number of ether oxygens (including phenoxy) is 1. The van der Waals surface area contributed by atoms with Gasteiger partial charge in [0.1, 0.15) is 0 Å². The Morgan fingerprint density at radius 3 is 2.71 bits per heavy atom. The zero-order chi connectivity index (χ0) is 15.4. The van der Waals surface area contributed by atoms with Gasteiger partial charge in [-0.05, 0) is 26.2 Å². The van der Waals surface area contributed by atoms with E-state index in [0.717, 1.165) is 6.54 Å². The Morgan fingerprint density at radius 2 is 2.10 bits per heavy atom. The first-order valence-corrected chi connectivity index (χ1v) is 6.68. The number of likely N-dealkylation sites (N-methyl/N-ethyl adjacent to an activating group) is 1. The second-order valence-corrected chi connectivity index (χ2v) is 5.00. The summed E-state index contributed by atoms with van der Waals surface area (Å²) in [6, 6.07) is 7.00. The molecule has 0 saturated carbocycles. The van der Waals surface area contributed by atoms with Crippen molar-refractivity contribution >= 4 is 11.5 Å². The molecule has 0 atom stereocenters. The smallest absolute Gasteiger partial charge is 0.216 e. The maximum Gasteiger partial charge on any atom is 0.216 e. The van der Waals surface area contributed by atoms with Crippen LogP contribution in [0, 0.1) is 0 Å². The molecule has 0 aliphatic heterocycles. The number of nitrogens with two attached hydrogens (primary N) is 1. The summed E-state index contributed by atoms with van der Waals surface area (Å²) in [6.45, 7) is 1.37. The number of para-hydroxylation sites is 1. The van der Waals surface area contributed by atoms with Gasteiger partial charge in [-0.25, -0.2) is 0 Å². The summed E-state index contributed by atoms with van der Waals surface area (Å²) in [4.78, 5) is 14.8. The minimum Gasteiger partial charge on any atom is -0.493 e. The van der Waals surface area contributed by atoms with Gasteiger partial charge >= 0.3 is 0 Å². The summed E-state index contributed by atoms with van der Waals surface area (Å²) in [6.07, 6.45) is 1.56. The number of nitrogen functional groups attached to an aromatic ring is 1. The summed E-state index contributed by atoms with van der Waals surface area (Å²) in [7, 11) is 5.47. The first-order valence-electron chi connectivity index (χ1n) is 6.68. The van der Waals surface area contributed by atoms with Crippen LogP contribution in [0.4, 0.5) is 5.69 Å². The molecule has 0 aliphatic rings. The molecule has 0 radical (unpaired) electrons. The molecule has 0 aliphatic carbocycles. The van der Waals surface area contributed by atoms with Crippen molar-refractivity contribution in [2.45, 2.75) is 6.54 Å². The standard InChI is InChI=1S/C15H20N4O2/c1-18(2)8-9-19-14(13(21-3)10-17-19)15(20)11-6-4-5-7-12(11)16/h4-7,10H,8-9,16H2,1-3H3. The normalized spacial score (nSPS) is 10.9. The zero-order valence-corrected chi connectivity index (χ0v) is 12.5. The highest BCUT2D eigenvalue weighted by Gasteiger charge is 2.22. The van der Waals surface area contributed by atoms with Gasteiger partial charge in [0.15, 0.2) is 11.4 Å². The van der Waals surface area contributed by atoms with Crippen molar-refractivity contribution in [3.63, 3.8) is 0 Å². The molecule has 0 saturated heterocycles. The van der Waals surface area contributed by atoms with E-state index in [-0.39, 0.29) is 5.78 Å². The highest BCUT2D eigenvalue weighted by atomic mass is 16.5. The van der Waals surface area contributed by atoms with E-state index in [1.54, 1.807) is 35.1 Å². The fourth-order valence-electron chi connectivity index (χ4n) is 2.04. The second-order valence-electron chi connectivity index (χ2n) is 5.00. The molecule has 2 N–H and O–H groups in total. The Hall–Kier alpha value is -2.34. The third-order valence-corrected chi connectivity index (χ3v) is 3.21. The van der Waals surface area contributed by atoms with Gasteiger partial charge in [-0.2, -0.15) is 5.10 Å². The van der Waals surface area contributed by atoms with Crippen LogP contribution in [0.2, 0.25) is 0 Å². The maximum absolute atomic E-state index is 12.7. The highest BCUT2D eigenvalue weighted by Crippen LogP contribution is 2.23. The van der Waals surface area contributed by atoms with Gasteiger partial charge < -0.3 is 15.4 Å². The molecule has 112 valence electrons. The van der Waals surface area contributed by atoms with Crippen LogP contribution in [0.25, 0.3) is 0 Å². The third kappa shape index (κ3) is 3.22. The van der Waals surface area contributed by atoms with E-state index in [1.165, 1.54) is 7.11 Å². The van der Waals surface area contributed by atoms with Crippen molar-refractivity contribution in [2.24, 2.45) is 0 Å². The SMILES string of the molecule is COc1cnn(CCN(C)C)c1C(=O)c1ccccc1N. The van der Waals surface area contributed by atoms with Gasteiger partial charge in [-0.1, -0.05) is 12.1 Å². The summed E-state index contributed by atoms with van der Waals surface area (Å²) in [5.74, 6) is 0.281. The number of aromatic nitrogens is 2. The number of nitrogens with zero attached hydrogens (tertiary/aromatic N) is 3. The molecule has 0 bridgehead atoms. The van der Waals surface area contributed by atoms with E-state index in [0.29, 0.717) is 29.2 Å². The molecular weight excluding hydrogens is 268 g/mol. The fourth-order valence-corrected chi connectivity index (χ4v) is 2.04. The van der Waals surface area contributed by atoms with Crippen molar-refractivity contribution in [2.75, 3.05) is 33.5 Å². The van der Waals surface area contributed by atoms with Crippen molar-refractivity contribution in [3.05, 3.63) is 41.7 Å². The van der Waals surface area contributed by atoms with Gasteiger partial charge in [0, 0.05) is 17.8 Å². The average Bonchev–Trinajstić information content (AvgIpc) is 2.87. The highest BCUT2D eigenvalue weighted by molar-refractivity contribution is 6.12.